The standard InChI is InChI=1S/C31H32ClN5O6/c32-22-4-2-21(3-5-22)19-33-31(38)36-23-6-8-24(9-7-23)43-30-27-25(34-20-35-30)18-26(28-29(27)42-17-16-41-28)40-13-1-10-37-11-14-39-15-12-37/h2-9,18,20H,1,10-17,19H2,(H2,33,36,38). The summed E-state index contributed by atoms with van der Waals surface area (Å²) in [6.45, 7) is 6.10. The average Bonchev–Trinajstić information content (AvgIpc) is 3.04. The number of hydrogen-bond acceptors (Lipinski definition) is 9. The second-order valence-corrected chi connectivity index (χ2v) is 10.5. The minimum Gasteiger partial charge on any atom is -0.489 e. The van der Waals surface area contributed by atoms with Crippen LogP contribution in [-0.4, -0.2) is 73.6 Å². The topological polar surface area (TPSA) is 116 Å². The van der Waals surface area contributed by atoms with Gasteiger partial charge in [0, 0.05) is 43.0 Å². The molecule has 2 aliphatic rings. The Morgan fingerprint density at radius 2 is 1.72 bits per heavy atom. The number of benzene rings is 3. The minimum atomic E-state index is -0.326. The molecule has 0 atom stereocenters. The van der Waals surface area contributed by atoms with E-state index in [0.29, 0.717) is 76.9 Å². The Hall–Kier alpha value is -4.32. The number of aromatic nitrogens is 2. The molecule has 1 fully saturated rings. The molecule has 43 heavy (non-hydrogen) atoms. The molecule has 1 saturated heterocycles. The number of fused-ring (bicyclic) bond motifs is 3. The van der Waals surface area contributed by atoms with Crippen molar-refractivity contribution < 1.29 is 28.5 Å². The van der Waals surface area contributed by atoms with Gasteiger partial charge in [-0.3, -0.25) is 4.90 Å². The first-order chi connectivity index (χ1) is 21.1. The maximum atomic E-state index is 12.4. The van der Waals surface area contributed by atoms with E-state index >= 15 is 0 Å². The van der Waals surface area contributed by atoms with E-state index in [1.807, 2.05) is 18.2 Å². The number of nitrogens with zero attached hydrogens (tertiary/aromatic N) is 3. The molecule has 2 aliphatic heterocycles. The Morgan fingerprint density at radius 3 is 2.51 bits per heavy atom. The molecular formula is C31H32ClN5O6. The molecule has 0 bridgehead atoms. The zero-order valence-corrected chi connectivity index (χ0v) is 24.3. The van der Waals surface area contributed by atoms with Gasteiger partial charge in [-0.2, -0.15) is 0 Å². The number of nitrogens with one attached hydrogen (secondary N) is 2. The van der Waals surface area contributed by atoms with Crippen molar-refractivity contribution in [2.24, 2.45) is 0 Å². The molecule has 2 N–H and O–H groups in total. The lowest BCUT2D eigenvalue weighted by Crippen LogP contribution is -2.37. The van der Waals surface area contributed by atoms with E-state index in [0.717, 1.165) is 44.8 Å². The summed E-state index contributed by atoms with van der Waals surface area (Å²) in [5, 5.41) is 6.88. The fourth-order valence-electron chi connectivity index (χ4n) is 4.84. The third-order valence-corrected chi connectivity index (χ3v) is 7.27. The highest BCUT2D eigenvalue weighted by Crippen LogP contribution is 2.47. The number of ether oxygens (including phenoxy) is 5. The van der Waals surface area contributed by atoms with Crippen molar-refractivity contribution in [3.63, 3.8) is 0 Å². The van der Waals surface area contributed by atoms with Gasteiger partial charge in [-0.15, -0.1) is 0 Å². The number of urea groups is 1. The molecular weight excluding hydrogens is 574 g/mol. The van der Waals surface area contributed by atoms with Gasteiger partial charge in [0.2, 0.25) is 11.6 Å². The third kappa shape index (κ3) is 7.37. The van der Waals surface area contributed by atoms with Crippen molar-refractivity contribution in [1.29, 1.82) is 0 Å². The second-order valence-electron chi connectivity index (χ2n) is 10.0. The van der Waals surface area contributed by atoms with E-state index < -0.39 is 0 Å². The summed E-state index contributed by atoms with van der Waals surface area (Å²) in [7, 11) is 0. The molecule has 0 radical (unpaired) electrons. The summed E-state index contributed by atoms with van der Waals surface area (Å²) in [5.41, 5.74) is 2.17. The molecule has 12 heteroatoms. The fourth-order valence-corrected chi connectivity index (χ4v) is 4.97. The molecule has 0 unspecified atom stereocenters. The van der Waals surface area contributed by atoms with Crippen molar-refractivity contribution in [3.05, 3.63) is 71.5 Å². The molecule has 0 aliphatic carbocycles. The van der Waals surface area contributed by atoms with Gasteiger partial charge in [0.25, 0.3) is 0 Å². The van der Waals surface area contributed by atoms with Gasteiger partial charge in [-0.05, 0) is 48.4 Å². The van der Waals surface area contributed by atoms with E-state index in [1.54, 1.807) is 36.4 Å². The number of amides is 2. The molecule has 4 aromatic rings. The van der Waals surface area contributed by atoms with Gasteiger partial charge in [-0.1, -0.05) is 23.7 Å². The summed E-state index contributed by atoms with van der Waals surface area (Å²) < 4.78 is 29.7. The SMILES string of the molecule is O=C(NCc1ccc(Cl)cc1)Nc1ccc(Oc2ncnc3cc(OCCCN4CCOCC4)c4c(c23)OCCO4)cc1. The zero-order valence-electron chi connectivity index (χ0n) is 23.5. The number of carbonyl (C=O) groups excluding carboxylic acids is 1. The first-order valence-corrected chi connectivity index (χ1v) is 14.6. The van der Waals surface area contributed by atoms with Crippen LogP contribution < -0.4 is 29.6 Å². The first kappa shape index (κ1) is 28.8. The van der Waals surface area contributed by atoms with Crippen molar-refractivity contribution in [2.45, 2.75) is 13.0 Å². The maximum absolute atomic E-state index is 12.4. The minimum absolute atomic E-state index is 0.326. The smallest absolute Gasteiger partial charge is 0.319 e. The molecule has 3 heterocycles. The van der Waals surface area contributed by atoms with Crippen LogP contribution in [0.3, 0.4) is 0 Å². The summed E-state index contributed by atoms with van der Waals surface area (Å²) in [6, 6.07) is 15.8. The van der Waals surface area contributed by atoms with Gasteiger partial charge in [-0.25, -0.2) is 14.8 Å². The first-order valence-electron chi connectivity index (χ1n) is 14.2. The summed E-state index contributed by atoms with van der Waals surface area (Å²) in [6.07, 6.45) is 2.32. The monoisotopic (exact) mass is 605 g/mol. The highest BCUT2D eigenvalue weighted by molar-refractivity contribution is 6.30. The lowest BCUT2D eigenvalue weighted by molar-refractivity contribution is 0.0357. The zero-order chi connectivity index (χ0) is 29.4. The molecule has 0 saturated carbocycles. The number of halogens is 1. The van der Waals surface area contributed by atoms with Crippen LogP contribution in [0.5, 0.6) is 28.9 Å². The van der Waals surface area contributed by atoms with Crippen LogP contribution in [0.25, 0.3) is 10.9 Å². The van der Waals surface area contributed by atoms with Gasteiger partial charge in [0.05, 0.1) is 25.3 Å². The fraction of sp³-hybridized carbons (Fsp3) is 0.323. The van der Waals surface area contributed by atoms with Crippen LogP contribution in [0, 0.1) is 0 Å². The van der Waals surface area contributed by atoms with Gasteiger partial charge >= 0.3 is 6.03 Å². The maximum Gasteiger partial charge on any atom is 0.319 e. The van der Waals surface area contributed by atoms with Crippen molar-refractivity contribution in [2.75, 3.05) is 58.0 Å². The average molecular weight is 606 g/mol. The lowest BCUT2D eigenvalue weighted by Gasteiger charge is -2.26. The summed E-state index contributed by atoms with van der Waals surface area (Å²) >= 11 is 5.92. The van der Waals surface area contributed by atoms with Crippen LogP contribution in [0.15, 0.2) is 60.9 Å². The lowest BCUT2D eigenvalue weighted by atomic mass is 10.1. The predicted octanol–water partition coefficient (Wildman–Crippen LogP) is 5.27. The Balaban J connectivity index is 1.11. The Labute approximate surface area is 254 Å². The van der Waals surface area contributed by atoms with Crippen molar-refractivity contribution in [3.8, 4) is 28.9 Å². The predicted molar refractivity (Wildman–Crippen MR) is 162 cm³/mol. The summed E-state index contributed by atoms with van der Waals surface area (Å²) in [5.74, 6) is 2.46. The van der Waals surface area contributed by atoms with Crippen LogP contribution in [0.1, 0.15) is 12.0 Å². The number of morpholine rings is 1. The number of rotatable bonds is 10. The Bertz CT molecular complexity index is 1550. The molecule has 2 amide bonds. The molecule has 224 valence electrons. The van der Waals surface area contributed by atoms with E-state index in [1.165, 1.54) is 6.33 Å². The molecule has 3 aromatic carbocycles. The van der Waals surface area contributed by atoms with Crippen LogP contribution in [0.4, 0.5) is 10.5 Å². The van der Waals surface area contributed by atoms with Gasteiger partial charge in [0.15, 0.2) is 11.5 Å². The number of hydrogen-bond donors (Lipinski definition) is 2. The molecule has 6 rings (SSSR count). The van der Waals surface area contributed by atoms with Gasteiger partial charge < -0.3 is 34.3 Å². The number of carbonyl (C=O) groups is 1. The number of anilines is 1. The van der Waals surface area contributed by atoms with Crippen LogP contribution in [0.2, 0.25) is 5.02 Å². The van der Waals surface area contributed by atoms with E-state index in [2.05, 4.69) is 25.5 Å². The summed E-state index contributed by atoms with van der Waals surface area (Å²) in [4.78, 5) is 23.6. The molecule has 1 aromatic heterocycles. The third-order valence-electron chi connectivity index (χ3n) is 7.02. The van der Waals surface area contributed by atoms with Crippen LogP contribution >= 0.6 is 11.6 Å². The van der Waals surface area contributed by atoms with Crippen molar-refractivity contribution >= 4 is 34.2 Å². The molecule has 11 nitrogen and oxygen atoms in total. The van der Waals surface area contributed by atoms with E-state index in [-0.39, 0.29) is 6.03 Å². The van der Waals surface area contributed by atoms with E-state index in [4.69, 9.17) is 35.3 Å². The Kier molecular flexibility index (Phi) is 9.22. The Morgan fingerprint density at radius 1 is 0.953 bits per heavy atom. The quantitative estimate of drug-likeness (QED) is 0.233. The second kappa shape index (κ2) is 13.8. The molecule has 0 spiro atoms. The van der Waals surface area contributed by atoms with Gasteiger partial charge in [0.1, 0.15) is 30.7 Å². The van der Waals surface area contributed by atoms with E-state index in [9.17, 15) is 4.79 Å². The largest absolute Gasteiger partial charge is 0.489 e. The highest BCUT2D eigenvalue weighted by atomic mass is 35.5. The van der Waals surface area contributed by atoms with Crippen molar-refractivity contribution in [1.82, 2.24) is 20.2 Å². The van der Waals surface area contributed by atoms with Crippen LogP contribution in [-0.2, 0) is 11.3 Å². The normalized spacial score (nSPS) is 14.7. The highest BCUT2D eigenvalue weighted by Gasteiger charge is 2.25.